The van der Waals surface area contributed by atoms with Crippen LogP contribution in [0.15, 0.2) is 41.2 Å². The average molecular weight is 298 g/mol. The third kappa shape index (κ3) is 2.74. The second-order valence-electron chi connectivity index (χ2n) is 5.49. The molecule has 2 N–H and O–H groups in total. The van der Waals surface area contributed by atoms with Crippen LogP contribution in [-0.2, 0) is 0 Å². The number of nitrogens with two attached hydrogens (primary N) is 1. The summed E-state index contributed by atoms with van der Waals surface area (Å²) in [5.74, 6) is -0.710. The highest BCUT2D eigenvalue weighted by molar-refractivity contribution is 6.07. The fourth-order valence-corrected chi connectivity index (χ4v) is 2.81. The van der Waals surface area contributed by atoms with Crippen molar-refractivity contribution in [1.29, 1.82) is 0 Å². The molecule has 2 heterocycles. The van der Waals surface area contributed by atoms with Crippen LogP contribution < -0.4 is 5.73 Å². The third-order valence-corrected chi connectivity index (χ3v) is 4.01. The zero-order chi connectivity index (χ0) is 15.5. The summed E-state index contributed by atoms with van der Waals surface area (Å²) >= 11 is 0. The Morgan fingerprint density at radius 2 is 1.77 bits per heavy atom. The molecule has 3 rings (SSSR count). The lowest BCUT2D eigenvalue weighted by molar-refractivity contribution is 0.0720. The summed E-state index contributed by atoms with van der Waals surface area (Å²) in [6.45, 7) is 1.47. The molecule has 1 fully saturated rings. The summed E-state index contributed by atoms with van der Waals surface area (Å²) in [4.78, 5) is 26.2. The molecule has 0 spiro atoms. The predicted molar refractivity (Wildman–Crippen MR) is 82.4 cm³/mol. The smallest absolute Gasteiger partial charge is 0.254 e. The molecular formula is C17H18N2O3. The van der Waals surface area contributed by atoms with Gasteiger partial charge < -0.3 is 15.1 Å². The first-order chi connectivity index (χ1) is 10.7. The number of hydrogen-bond donors (Lipinski definition) is 1. The first kappa shape index (κ1) is 14.4. The molecule has 2 amide bonds. The average Bonchev–Trinajstić information content (AvgIpc) is 3.09. The van der Waals surface area contributed by atoms with Crippen molar-refractivity contribution in [1.82, 2.24) is 4.90 Å². The van der Waals surface area contributed by atoms with Gasteiger partial charge in [0.15, 0.2) is 0 Å². The minimum absolute atomic E-state index is 0.118. The van der Waals surface area contributed by atoms with Crippen molar-refractivity contribution in [3.05, 3.63) is 47.9 Å². The molecule has 0 unspecified atom stereocenters. The van der Waals surface area contributed by atoms with E-state index in [4.69, 9.17) is 10.2 Å². The number of carbonyl (C=O) groups is 2. The van der Waals surface area contributed by atoms with E-state index < -0.39 is 5.91 Å². The molecule has 0 bridgehead atoms. The normalized spacial score (nSPS) is 14.8. The highest BCUT2D eigenvalue weighted by Crippen LogP contribution is 2.24. The molecule has 5 heteroatoms. The van der Waals surface area contributed by atoms with Gasteiger partial charge in [0, 0.05) is 18.7 Å². The van der Waals surface area contributed by atoms with Crippen molar-refractivity contribution in [3.8, 4) is 11.1 Å². The van der Waals surface area contributed by atoms with Crippen LogP contribution >= 0.6 is 0 Å². The number of piperidine rings is 1. The van der Waals surface area contributed by atoms with Gasteiger partial charge in [-0.2, -0.15) is 0 Å². The van der Waals surface area contributed by atoms with E-state index in [1.165, 1.54) is 0 Å². The van der Waals surface area contributed by atoms with Crippen LogP contribution in [0.1, 0.15) is 40.0 Å². The minimum Gasteiger partial charge on any atom is -0.472 e. The molecule has 1 saturated heterocycles. The summed E-state index contributed by atoms with van der Waals surface area (Å²) < 4.78 is 5.05. The maximum absolute atomic E-state index is 12.6. The largest absolute Gasteiger partial charge is 0.472 e. The maximum atomic E-state index is 12.6. The van der Waals surface area contributed by atoms with E-state index in [0.29, 0.717) is 5.56 Å². The summed E-state index contributed by atoms with van der Waals surface area (Å²) in [5, 5.41) is 0. The van der Waals surface area contributed by atoms with Crippen molar-refractivity contribution in [2.75, 3.05) is 13.1 Å². The highest BCUT2D eigenvalue weighted by Gasteiger charge is 2.23. The molecule has 5 nitrogen and oxygen atoms in total. The van der Waals surface area contributed by atoms with Crippen LogP contribution in [0.5, 0.6) is 0 Å². The van der Waals surface area contributed by atoms with Gasteiger partial charge in [0.05, 0.1) is 23.7 Å². The van der Waals surface area contributed by atoms with E-state index in [0.717, 1.165) is 43.5 Å². The predicted octanol–water partition coefficient (Wildman–Crippen LogP) is 2.67. The molecule has 114 valence electrons. The van der Waals surface area contributed by atoms with Crippen molar-refractivity contribution < 1.29 is 14.0 Å². The number of hydrogen-bond acceptors (Lipinski definition) is 3. The molecule has 1 aliphatic rings. The summed E-state index contributed by atoms with van der Waals surface area (Å²) in [6, 6.07) is 6.95. The maximum Gasteiger partial charge on any atom is 0.254 e. The quantitative estimate of drug-likeness (QED) is 0.946. The first-order valence-electron chi connectivity index (χ1n) is 7.42. The lowest BCUT2D eigenvalue weighted by Gasteiger charge is -2.27. The van der Waals surface area contributed by atoms with Crippen LogP contribution in [0.3, 0.4) is 0 Å². The monoisotopic (exact) mass is 298 g/mol. The van der Waals surface area contributed by atoms with Gasteiger partial charge in [-0.1, -0.05) is 6.07 Å². The van der Waals surface area contributed by atoms with Crippen LogP contribution in [0.2, 0.25) is 0 Å². The fourth-order valence-electron chi connectivity index (χ4n) is 2.81. The van der Waals surface area contributed by atoms with E-state index >= 15 is 0 Å². The van der Waals surface area contributed by atoms with Gasteiger partial charge in [0.25, 0.3) is 5.91 Å². The highest BCUT2D eigenvalue weighted by atomic mass is 16.3. The summed E-state index contributed by atoms with van der Waals surface area (Å²) in [7, 11) is 0. The molecule has 0 atom stereocenters. The molecule has 22 heavy (non-hydrogen) atoms. The molecule has 1 aromatic heterocycles. The number of furan rings is 1. The SMILES string of the molecule is NC(=O)c1cc(-c2ccoc2)ccc1C(=O)N1CCCCC1. The Labute approximate surface area is 128 Å². The van der Waals surface area contributed by atoms with Crippen LogP contribution in [-0.4, -0.2) is 29.8 Å². The van der Waals surface area contributed by atoms with Gasteiger partial charge in [-0.3, -0.25) is 9.59 Å². The van der Waals surface area contributed by atoms with Gasteiger partial charge in [-0.25, -0.2) is 0 Å². The summed E-state index contributed by atoms with van der Waals surface area (Å²) in [5.41, 5.74) is 7.76. The lowest BCUT2D eigenvalue weighted by atomic mass is 9.98. The Morgan fingerprint density at radius 1 is 1.00 bits per heavy atom. The van der Waals surface area contributed by atoms with Gasteiger partial charge in [0.1, 0.15) is 0 Å². The van der Waals surface area contributed by atoms with E-state index in [9.17, 15) is 9.59 Å². The van der Waals surface area contributed by atoms with Crippen LogP contribution in [0.4, 0.5) is 0 Å². The zero-order valence-corrected chi connectivity index (χ0v) is 12.2. The molecule has 1 aromatic carbocycles. The molecule has 0 saturated carbocycles. The van der Waals surface area contributed by atoms with E-state index in [1.807, 2.05) is 6.07 Å². The topological polar surface area (TPSA) is 76.5 Å². The first-order valence-corrected chi connectivity index (χ1v) is 7.42. The zero-order valence-electron chi connectivity index (χ0n) is 12.2. The Bertz CT molecular complexity index is 686. The number of carbonyl (C=O) groups excluding carboxylic acids is 2. The molecular weight excluding hydrogens is 280 g/mol. The van der Waals surface area contributed by atoms with Crippen LogP contribution in [0.25, 0.3) is 11.1 Å². The van der Waals surface area contributed by atoms with E-state index in [2.05, 4.69) is 0 Å². The minimum atomic E-state index is -0.592. The van der Waals surface area contributed by atoms with Crippen molar-refractivity contribution in [2.45, 2.75) is 19.3 Å². The number of nitrogens with zero attached hydrogens (tertiary/aromatic N) is 1. The van der Waals surface area contributed by atoms with Crippen molar-refractivity contribution in [2.24, 2.45) is 5.73 Å². The Kier molecular flexibility index (Phi) is 3.96. The van der Waals surface area contributed by atoms with E-state index in [1.54, 1.807) is 35.6 Å². The Hall–Kier alpha value is -2.56. The van der Waals surface area contributed by atoms with Gasteiger partial charge >= 0.3 is 0 Å². The Balaban J connectivity index is 1.96. The second-order valence-corrected chi connectivity index (χ2v) is 5.49. The van der Waals surface area contributed by atoms with Gasteiger partial charge in [-0.05, 0) is 43.0 Å². The van der Waals surface area contributed by atoms with Crippen molar-refractivity contribution >= 4 is 11.8 Å². The molecule has 2 aromatic rings. The number of primary amides is 1. The van der Waals surface area contributed by atoms with Gasteiger partial charge in [-0.15, -0.1) is 0 Å². The number of benzene rings is 1. The third-order valence-electron chi connectivity index (χ3n) is 4.01. The van der Waals surface area contributed by atoms with Crippen LogP contribution in [0, 0.1) is 0 Å². The molecule has 0 radical (unpaired) electrons. The second kappa shape index (κ2) is 6.05. The molecule has 0 aliphatic carbocycles. The number of likely N-dealkylation sites (tertiary alicyclic amines) is 1. The van der Waals surface area contributed by atoms with E-state index in [-0.39, 0.29) is 11.5 Å². The lowest BCUT2D eigenvalue weighted by Crippen LogP contribution is -2.36. The fraction of sp³-hybridized carbons (Fsp3) is 0.294. The van der Waals surface area contributed by atoms with Gasteiger partial charge in [0.2, 0.25) is 5.91 Å². The molecule has 1 aliphatic heterocycles. The standard InChI is InChI=1S/C17H18N2O3/c18-16(20)15-10-12(13-6-9-22-11-13)4-5-14(15)17(21)19-7-2-1-3-8-19/h4-6,9-11H,1-3,7-8H2,(H2,18,20). The van der Waals surface area contributed by atoms with Crippen molar-refractivity contribution in [3.63, 3.8) is 0 Å². The number of amides is 2. The summed E-state index contributed by atoms with van der Waals surface area (Å²) in [6.07, 6.45) is 6.31. The Morgan fingerprint density at radius 3 is 2.41 bits per heavy atom. The number of rotatable bonds is 3.